The topological polar surface area (TPSA) is 74.2 Å². The van der Waals surface area contributed by atoms with Crippen LogP contribution in [0.3, 0.4) is 0 Å². The van der Waals surface area contributed by atoms with Gasteiger partial charge in [0, 0.05) is 5.04 Å². The lowest BCUT2D eigenvalue weighted by Crippen LogP contribution is -2.08. The van der Waals surface area contributed by atoms with Crippen LogP contribution in [0.5, 0.6) is 5.75 Å². The van der Waals surface area contributed by atoms with E-state index in [1.807, 2.05) is 0 Å². The van der Waals surface area contributed by atoms with E-state index in [4.69, 9.17) is 9.78 Å². The first-order valence-corrected chi connectivity index (χ1v) is 7.27. The number of rotatable bonds is 1. The van der Waals surface area contributed by atoms with E-state index in [1.165, 1.54) is 6.07 Å². The molecular formula is C15H20O6. The molecular weight excluding hydrogens is 276 g/mol. The van der Waals surface area contributed by atoms with Gasteiger partial charge in [0.05, 0.1) is 6.61 Å². The van der Waals surface area contributed by atoms with Gasteiger partial charge in [0.2, 0.25) is 0 Å². The Hall–Kier alpha value is -1.63. The van der Waals surface area contributed by atoms with E-state index < -0.39 is 5.97 Å². The molecule has 21 heavy (non-hydrogen) atoms. The third-order valence-electron chi connectivity index (χ3n) is 3.45. The van der Waals surface area contributed by atoms with E-state index in [-0.39, 0.29) is 11.3 Å². The van der Waals surface area contributed by atoms with Gasteiger partial charge in [0.25, 0.3) is 0 Å². The van der Waals surface area contributed by atoms with Gasteiger partial charge in [-0.3, -0.25) is 0 Å². The maximum atomic E-state index is 11.4. The van der Waals surface area contributed by atoms with Gasteiger partial charge in [-0.05, 0) is 35.9 Å². The van der Waals surface area contributed by atoms with Gasteiger partial charge < -0.3 is 9.99 Å². The van der Waals surface area contributed by atoms with Crippen LogP contribution in [0.4, 0.5) is 0 Å². The molecule has 116 valence electrons. The summed E-state index contributed by atoms with van der Waals surface area (Å²) < 4.78 is 0. The van der Waals surface area contributed by atoms with Crippen molar-refractivity contribution < 1.29 is 29.8 Å². The van der Waals surface area contributed by atoms with E-state index in [2.05, 4.69) is 10.1 Å². The Morgan fingerprint density at radius 1 is 1.00 bits per heavy atom. The Morgan fingerprint density at radius 2 is 1.76 bits per heavy atom. The average Bonchev–Trinajstić information content (AvgIpc) is 2.47. The molecule has 1 N–H and O–H groups in total. The first kappa shape index (κ1) is 15.8. The van der Waals surface area contributed by atoms with Gasteiger partial charge in [-0.15, -0.1) is 0 Å². The van der Waals surface area contributed by atoms with E-state index in [0.29, 0.717) is 13.0 Å². The number of carboxylic acid groups (broad SMARTS) is 1. The molecule has 1 aromatic carbocycles. The number of aryl methyl sites for hydroxylation is 1. The zero-order valence-electron chi connectivity index (χ0n) is 11.9. The van der Waals surface area contributed by atoms with Gasteiger partial charge in [0.1, 0.15) is 5.56 Å². The van der Waals surface area contributed by atoms with Gasteiger partial charge in [0.15, 0.2) is 5.75 Å². The summed E-state index contributed by atoms with van der Waals surface area (Å²) in [6.07, 6.45) is 6.96. The van der Waals surface area contributed by atoms with Gasteiger partial charge >= 0.3 is 5.97 Å². The van der Waals surface area contributed by atoms with Crippen LogP contribution in [-0.2, 0) is 21.4 Å². The molecule has 0 aliphatic carbocycles. The van der Waals surface area contributed by atoms with Crippen LogP contribution < -0.4 is 4.89 Å². The highest BCUT2D eigenvalue weighted by atomic mass is 17.7. The third kappa shape index (κ3) is 5.00. The first-order chi connectivity index (χ1) is 10.3. The predicted octanol–water partition coefficient (Wildman–Crippen LogP) is 3.46. The fraction of sp³-hybridized carbons (Fsp3) is 0.533. The van der Waals surface area contributed by atoms with Crippen molar-refractivity contribution in [1.29, 1.82) is 0 Å². The van der Waals surface area contributed by atoms with Crippen molar-refractivity contribution in [3.8, 4) is 5.75 Å². The minimum atomic E-state index is -1.05. The summed E-state index contributed by atoms with van der Waals surface area (Å²) in [6.45, 7) is 0.412. The summed E-state index contributed by atoms with van der Waals surface area (Å²) in [4.78, 5) is 21.1. The molecule has 0 amide bonds. The summed E-state index contributed by atoms with van der Waals surface area (Å²) in [7, 11) is 0. The smallest absolute Gasteiger partial charge is 0.339 e. The number of benzene rings is 1. The van der Waals surface area contributed by atoms with Crippen LogP contribution in [0, 0.1) is 0 Å². The quantitative estimate of drug-likeness (QED) is 0.800. The SMILES string of the molecule is O=C(O)c1c2cccc1OOOOCCCCCCCC2. The number of hydrogen-bond donors (Lipinski definition) is 1. The molecule has 0 saturated heterocycles. The minimum absolute atomic E-state index is 0.107. The van der Waals surface area contributed by atoms with Crippen molar-refractivity contribution in [2.24, 2.45) is 0 Å². The Kier molecular flexibility index (Phi) is 6.46. The lowest BCUT2D eigenvalue weighted by molar-refractivity contribution is -0.607. The zero-order chi connectivity index (χ0) is 14.9. The summed E-state index contributed by atoms with van der Waals surface area (Å²) in [5, 5.41) is 18.2. The molecule has 0 saturated carbocycles. The van der Waals surface area contributed by atoms with Gasteiger partial charge in [-0.1, -0.05) is 37.8 Å². The Labute approximate surface area is 123 Å². The van der Waals surface area contributed by atoms with Crippen molar-refractivity contribution in [3.63, 3.8) is 0 Å². The van der Waals surface area contributed by atoms with Crippen molar-refractivity contribution >= 4 is 5.97 Å². The van der Waals surface area contributed by atoms with Crippen molar-refractivity contribution in [2.45, 2.75) is 44.9 Å². The van der Waals surface area contributed by atoms with Crippen LogP contribution in [0.15, 0.2) is 18.2 Å². The Morgan fingerprint density at radius 3 is 2.57 bits per heavy atom. The highest BCUT2D eigenvalue weighted by molar-refractivity contribution is 5.92. The summed E-state index contributed by atoms with van der Waals surface area (Å²) in [6, 6.07) is 5.06. The monoisotopic (exact) mass is 296 g/mol. The number of fused-ring (bicyclic) bond motifs is 2. The highest BCUT2D eigenvalue weighted by Crippen LogP contribution is 2.25. The number of hydrogen-bond acceptors (Lipinski definition) is 5. The molecule has 1 aromatic rings. The number of carbonyl (C=O) groups is 1. The van der Waals surface area contributed by atoms with Crippen LogP contribution >= 0.6 is 0 Å². The summed E-state index contributed by atoms with van der Waals surface area (Å²) in [5.41, 5.74) is 0.843. The van der Waals surface area contributed by atoms with E-state index in [0.717, 1.165) is 44.1 Å². The Bertz CT molecular complexity index is 427. The molecule has 1 aliphatic rings. The van der Waals surface area contributed by atoms with E-state index in [9.17, 15) is 9.90 Å². The first-order valence-electron chi connectivity index (χ1n) is 7.27. The second-order valence-corrected chi connectivity index (χ2v) is 5.01. The standard InChI is InChI=1S/C15H20O6/c16-15(17)14-12-8-5-3-1-2-4-6-11-18-20-21-19-13(14)10-7-9-12/h7,9-10H,1-6,8,11H2,(H,16,17). The highest BCUT2D eigenvalue weighted by Gasteiger charge is 2.17. The fourth-order valence-electron chi connectivity index (χ4n) is 2.38. The largest absolute Gasteiger partial charge is 0.478 e. The zero-order valence-corrected chi connectivity index (χ0v) is 11.9. The molecule has 0 radical (unpaired) electrons. The molecule has 0 unspecified atom stereocenters. The molecule has 2 bridgehead atoms. The van der Waals surface area contributed by atoms with E-state index >= 15 is 0 Å². The van der Waals surface area contributed by atoms with Crippen molar-refractivity contribution in [2.75, 3.05) is 6.61 Å². The number of carboxylic acids is 1. The average molecular weight is 296 g/mol. The summed E-state index contributed by atoms with van der Waals surface area (Å²) >= 11 is 0. The predicted molar refractivity (Wildman–Crippen MR) is 73.6 cm³/mol. The van der Waals surface area contributed by atoms with E-state index in [1.54, 1.807) is 12.1 Å². The molecule has 6 nitrogen and oxygen atoms in total. The molecule has 1 heterocycles. The van der Waals surface area contributed by atoms with Crippen LogP contribution in [-0.4, -0.2) is 17.7 Å². The molecule has 0 spiro atoms. The second kappa shape index (κ2) is 8.61. The van der Waals surface area contributed by atoms with Gasteiger partial charge in [-0.2, -0.15) is 0 Å². The maximum Gasteiger partial charge on any atom is 0.339 e. The van der Waals surface area contributed by atoms with Crippen molar-refractivity contribution in [3.05, 3.63) is 29.3 Å². The molecule has 1 aliphatic heterocycles. The van der Waals surface area contributed by atoms with Gasteiger partial charge in [-0.25, -0.2) is 9.68 Å². The lowest BCUT2D eigenvalue weighted by Gasteiger charge is -2.10. The van der Waals surface area contributed by atoms with Crippen molar-refractivity contribution in [1.82, 2.24) is 0 Å². The fourth-order valence-corrected chi connectivity index (χ4v) is 2.38. The Balaban J connectivity index is 2.11. The minimum Gasteiger partial charge on any atom is -0.478 e. The third-order valence-corrected chi connectivity index (χ3v) is 3.45. The van der Waals surface area contributed by atoms with Crippen LogP contribution in [0.2, 0.25) is 0 Å². The van der Waals surface area contributed by atoms with Crippen LogP contribution in [0.25, 0.3) is 0 Å². The molecule has 2 rings (SSSR count). The summed E-state index contributed by atoms with van der Waals surface area (Å²) in [5.74, 6) is -0.937. The lowest BCUT2D eigenvalue weighted by atomic mass is 9.99. The second-order valence-electron chi connectivity index (χ2n) is 5.01. The molecule has 0 fully saturated rings. The maximum absolute atomic E-state index is 11.4. The normalized spacial score (nSPS) is 18.1. The number of aromatic carboxylic acids is 1. The molecule has 0 aromatic heterocycles. The molecule has 0 atom stereocenters. The molecule has 6 heteroatoms. The van der Waals surface area contributed by atoms with Crippen LogP contribution in [0.1, 0.15) is 54.4 Å².